The largest absolute Gasteiger partial charge is 0.514 e. The van der Waals surface area contributed by atoms with Crippen LogP contribution >= 0.6 is 47.8 Å². The summed E-state index contributed by atoms with van der Waals surface area (Å²) in [5.41, 5.74) is 7.64. The lowest BCUT2D eigenvalue weighted by Crippen LogP contribution is -2.35. The summed E-state index contributed by atoms with van der Waals surface area (Å²) < 4.78 is 24.2. The Morgan fingerprint density at radius 1 is 0.667 bits per heavy atom. The predicted molar refractivity (Wildman–Crippen MR) is 259 cm³/mol. The third kappa shape index (κ3) is 13.0. The average Bonchev–Trinajstić information content (AvgIpc) is 4.14. The molecule has 0 aliphatic heterocycles. The summed E-state index contributed by atoms with van der Waals surface area (Å²) in [6.07, 6.45) is 8.46. The molecule has 1 aliphatic rings. The fraction of sp³-hybridized carbons (Fsp3) is 0.255. The van der Waals surface area contributed by atoms with E-state index in [1.807, 2.05) is 103 Å². The molecule has 3 aromatic heterocycles. The van der Waals surface area contributed by atoms with Crippen molar-refractivity contribution in [3.63, 3.8) is 0 Å². The molecule has 16 nitrogen and oxygen atoms in total. The molecule has 0 bridgehead atoms. The first-order valence-electron chi connectivity index (χ1n) is 20.6. The Balaban J connectivity index is 0.000000170. The van der Waals surface area contributed by atoms with Crippen molar-refractivity contribution < 1.29 is 33.8 Å². The van der Waals surface area contributed by atoms with Gasteiger partial charge in [0.05, 0.1) is 64.7 Å². The van der Waals surface area contributed by atoms with E-state index >= 15 is 0 Å². The molecule has 0 spiro atoms. The topological polar surface area (TPSA) is 182 Å². The number of aromatic nitrogens is 6. The number of nitro groups is 1. The molecule has 0 unspecified atom stereocenters. The van der Waals surface area contributed by atoms with Crippen molar-refractivity contribution in [2.75, 3.05) is 7.05 Å². The highest BCUT2D eigenvalue weighted by Gasteiger charge is 2.25. The smallest absolute Gasteiger partial charge is 0.443 e. The summed E-state index contributed by atoms with van der Waals surface area (Å²) >= 11 is 10.2. The fourth-order valence-electron chi connectivity index (χ4n) is 7.00. The molecule has 19 heteroatoms. The molecule has 1 N–H and O–H groups in total. The minimum atomic E-state index is -0.910. The summed E-state index contributed by atoms with van der Waals surface area (Å²) in [6, 6.07) is 28.9. The molecule has 344 valence electrons. The number of nitrogens with zero attached hydrogens (tertiary/aromatic N) is 8. The highest BCUT2D eigenvalue weighted by molar-refractivity contribution is 9.11. The fourth-order valence-corrected chi connectivity index (χ4v) is 7.79. The maximum absolute atomic E-state index is 12.3. The molecule has 1 amide bonds. The third-order valence-corrected chi connectivity index (χ3v) is 12.3. The number of benzene rings is 4. The zero-order valence-corrected chi connectivity index (χ0v) is 41.3. The lowest BCUT2D eigenvalue weighted by Gasteiger charge is -2.23. The Labute approximate surface area is 406 Å². The summed E-state index contributed by atoms with van der Waals surface area (Å²) in [4.78, 5) is 49.1. The van der Waals surface area contributed by atoms with Crippen LogP contribution in [0.15, 0.2) is 129 Å². The lowest BCUT2D eigenvalue weighted by molar-refractivity contribution is -0.384. The number of amides is 1. The van der Waals surface area contributed by atoms with Crippen LogP contribution in [0.4, 0.5) is 15.3 Å². The number of halogens is 3. The Hall–Kier alpha value is -6.15. The van der Waals surface area contributed by atoms with Crippen LogP contribution in [0.3, 0.4) is 0 Å². The van der Waals surface area contributed by atoms with Crippen molar-refractivity contribution in [2.24, 2.45) is 21.1 Å². The van der Waals surface area contributed by atoms with Crippen LogP contribution < -0.4 is 4.74 Å². The first kappa shape index (κ1) is 49.3. The molecule has 0 saturated heterocycles. The van der Waals surface area contributed by atoms with Crippen molar-refractivity contribution >= 4 is 65.7 Å². The number of hydrogen-bond acceptors (Lipinski definition) is 11. The van der Waals surface area contributed by atoms with Crippen LogP contribution in [-0.2, 0) is 50.4 Å². The van der Waals surface area contributed by atoms with Gasteiger partial charge < -0.3 is 37.9 Å². The van der Waals surface area contributed by atoms with Crippen LogP contribution in [0.5, 0.6) is 5.75 Å². The lowest BCUT2D eigenvalue weighted by atomic mass is 10.1. The first-order chi connectivity index (χ1) is 31.7. The SMILES string of the molecule is CN(C(=O)OCc1c(-c2ccc(Br)cc2)ncn1C)C1CCCC1.Cn1cnc(-c2ccc(Br)cc2)c1CO.Cn1cnc(-c2ccc(Br)cc2)c1COC(=O)Oc1ccc([N+](=O)[O-])cc1. The zero-order valence-electron chi connectivity index (χ0n) is 36.5. The van der Waals surface area contributed by atoms with E-state index in [1.54, 1.807) is 35.5 Å². The van der Waals surface area contributed by atoms with Gasteiger partial charge in [0.1, 0.15) is 19.0 Å². The minimum absolute atomic E-state index is 0.00188. The van der Waals surface area contributed by atoms with Gasteiger partial charge in [0.2, 0.25) is 0 Å². The van der Waals surface area contributed by atoms with Gasteiger partial charge in [-0.05, 0) is 61.4 Å². The standard InChI is InChI=1S/C18H14BrN3O5.C18H22BrN3O2.C11H11BrN2O/c1-21-11-20-17(12-2-4-13(19)5-3-12)16(21)10-26-18(23)27-15-8-6-14(7-9-15)22(24)25;1-21-12-20-17(13-7-9-14(19)10-8-13)16(21)11-24-18(23)22(2)15-5-3-4-6-15;1-14-7-13-11(10(14)6-15)8-2-4-9(12)5-3-8/h2-9,11H,10H2,1H3;7-10,12,15H,3-6,11H2,1-2H3;2-5,7,15H,6H2,1H3. The van der Waals surface area contributed by atoms with Crippen molar-refractivity contribution in [3.05, 3.63) is 157 Å². The third-order valence-electron chi connectivity index (χ3n) is 10.7. The number of aliphatic hydroxyl groups is 1. The van der Waals surface area contributed by atoms with Crippen LogP contribution in [-0.4, -0.2) is 68.9 Å². The highest BCUT2D eigenvalue weighted by Crippen LogP contribution is 2.28. The van der Waals surface area contributed by atoms with E-state index in [0.717, 1.165) is 65.7 Å². The molecular formula is C47H47Br3N8O8. The van der Waals surface area contributed by atoms with Crippen molar-refractivity contribution in [3.8, 4) is 39.5 Å². The van der Waals surface area contributed by atoms with E-state index in [-0.39, 0.29) is 37.4 Å². The van der Waals surface area contributed by atoms with Crippen LogP contribution in [0.2, 0.25) is 0 Å². The van der Waals surface area contributed by atoms with Gasteiger partial charge in [-0.15, -0.1) is 0 Å². The Morgan fingerprint density at radius 3 is 1.47 bits per heavy atom. The number of nitro benzene ring substituents is 1. The summed E-state index contributed by atoms with van der Waals surface area (Å²) in [6.45, 7) is 0.188. The molecule has 1 saturated carbocycles. The van der Waals surface area contributed by atoms with E-state index in [0.29, 0.717) is 17.4 Å². The van der Waals surface area contributed by atoms with Gasteiger partial charge in [0.25, 0.3) is 5.69 Å². The zero-order chi connectivity index (χ0) is 47.3. The van der Waals surface area contributed by atoms with Crippen LogP contribution in [0, 0.1) is 10.1 Å². The van der Waals surface area contributed by atoms with Gasteiger partial charge in [-0.1, -0.05) is 97.0 Å². The number of carbonyl (C=O) groups is 2. The number of aliphatic hydroxyl groups excluding tert-OH is 1. The molecule has 8 rings (SSSR count). The monoisotopic (exact) mass is 1090 g/mol. The molecular weight excluding hydrogens is 1040 g/mol. The van der Waals surface area contributed by atoms with Crippen molar-refractivity contribution in [1.82, 2.24) is 33.6 Å². The Morgan fingerprint density at radius 2 is 1.06 bits per heavy atom. The second kappa shape index (κ2) is 23.3. The molecule has 4 aromatic carbocycles. The number of rotatable bonds is 11. The number of imidazole rings is 3. The summed E-state index contributed by atoms with van der Waals surface area (Å²) in [5, 5.41) is 19.9. The van der Waals surface area contributed by atoms with E-state index in [9.17, 15) is 24.8 Å². The molecule has 3 heterocycles. The van der Waals surface area contributed by atoms with Gasteiger partial charge in [0, 0.05) is 76.5 Å². The van der Waals surface area contributed by atoms with E-state index in [2.05, 4.69) is 62.7 Å². The van der Waals surface area contributed by atoms with Gasteiger partial charge >= 0.3 is 12.2 Å². The van der Waals surface area contributed by atoms with Gasteiger partial charge in [-0.2, -0.15) is 0 Å². The Kier molecular flexibility index (Phi) is 17.4. The number of ether oxygens (including phenoxy) is 3. The average molecular weight is 1090 g/mol. The maximum Gasteiger partial charge on any atom is 0.514 e. The number of carbonyl (C=O) groups excluding carboxylic acids is 2. The van der Waals surface area contributed by atoms with Gasteiger partial charge in [-0.25, -0.2) is 24.5 Å². The quantitative estimate of drug-likeness (QED) is 0.0563. The highest BCUT2D eigenvalue weighted by atomic mass is 79.9. The van der Waals surface area contributed by atoms with Gasteiger partial charge in [-0.3, -0.25) is 10.1 Å². The summed E-state index contributed by atoms with van der Waals surface area (Å²) in [7, 11) is 7.42. The predicted octanol–water partition coefficient (Wildman–Crippen LogP) is 11.2. The second-order valence-electron chi connectivity index (χ2n) is 15.1. The van der Waals surface area contributed by atoms with Crippen molar-refractivity contribution in [2.45, 2.75) is 51.5 Å². The molecule has 66 heavy (non-hydrogen) atoms. The number of non-ortho nitro benzene ring substituents is 1. The molecule has 7 aromatic rings. The van der Waals surface area contributed by atoms with Gasteiger partial charge in [0.15, 0.2) is 0 Å². The maximum atomic E-state index is 12.3. The number of aryl methyl sites for hydroxylation is 3. The first-order valence-corrected chi connectivity index (χ1v) is 23.0. The molecule has 0 atom stereocenters. The Bertz CT molecular complexity index is 2720. The molecule has 1 aliphatic carbocycles. The summed E-state index contributed by atoms with van der Waals surface area (Å²) in [5.74, 6) is 0.156. The van der Waals surface area contributed by atoms with Crippen LogP contribution in [0.25, 0.3) is 33.8 Å². The second-order valence-corrected chi connectivity index (χ2v) is 17.9. The van der Waals surface area contributed by atoms with E-state index < -0.39 is 11.1 Å². The van der Waals surface area contributed by atoms with Crippen molar-refractivity contribution in [1.29, 1.82) is 0 Å². The molecule has 1 fully saturated rings. The number of hydrogen-bond donors (Lipinski definition) is 1. The normalized spacial score (nSPS) is 12.1. The van der Waals surface area contributed by atoms with E-state index in [4.69, 9.17) is 14.2 Å². The van der Waals surface area contributed by atoms with E-state index in [1.165, 1.54) is 37.1 Å². The minimum Gasteiger partial charge on any atom is -0.443 e. The van der Waals surface area contributed by atoms with Crippen LogP contribution in [0.1, 0.15) is 42.8 Å². The molecule has 0 radical (unpaired) electrons.